The number of ether oxygens (including phenoxy) is 1. The second-order valence-electron chi connectivity index (χ2n) is 4.86. The summed E-state index contributed by atoms with van der Waals surface area (Å²) < 4.78 is 4.69. The van der Waals surface area contributed by atoms with Gasteiger partial charge in [0.25, 0.3) is 0 Å². The number of nitrogens with two attached hydrogens (primary N) is 1. The van der Waals surface area contributed by atoms with Crippen LogP contribution in [0.15, 0.2) is 0 Å². The first-order valence-electron chi connectivity index (χ1n) is 5.47. The van der Waals surface area contributed by atoms with Crippen LogP contribution in [0.25, 0.3) is 0 Å². The van der Waals surface area contributed by atoms with Crippen LogP contribution in [-0.2, 0) is 9.53 Å². The Labute approximate surface area is 91.8 Å². The molecule has 2 unspecified atom stereocenters. The quantitative estimate of drug-likeness (QED) is 0.686. The summed E-state index contributed by atoms with van der Waals surface area (Å²) >= 11 is 0. The van der Waals surface area contributed by atoms with Gasteiger partial charge in [0.1, 0.15) is 5.54 Å². The third-order valence-electron chi connectivity index (χ3n) is 3.19. The van der Waals surface area contributed by atoms with Gasteiger partial charge < -0.3 is 15.4 Å². The van der Waals surface area contributed by atoms with Crippen LogP contribution in [0.3, 0.4) is 0 Å². The van der Waals surface area contributed by atoms with Crippen LogP contribution >= 0.6 is 0 Å². The number of methoxy groups -OCH3 is 1. The van der Waals surface area contributed by atoms with E-state index in [0.29, 0.717) is 18.5 Å². The van der Waals surface area contributed by atoms with Crippen molar-refractivity contribution in [1.82, 2.24) is 4.90 Å². The van der Waals surface area contributed by atoms with Gasteiger partial charge in [-0.25, -0.2) is 0 Å². The molecular weight excluding hydrogens is 192 g/mol. The number of rotatable bonds is 5. The molecule has 15 heavy (non-hydrogen) atoms. The molecule has 1 aliphatic rings. The molecule has 2 atom stereocenters. The molecule has 0 aromatic heterocycles. The van der Waals surface area contributed by atoms with Gasteiger partial charge in [-0.05, 0) is 40.2 Å². The van der Waals surface area contributed by atoms with Gasteiger partial charge in [-0.15, -0.1) is 0 Å². The van der Waals surface area contributed by atoms with Gasteiger partial charge in [0, 0.05) is 12.1 Å². The molecule has 0 saturated heterocycles. The van der Waals surface area contributed by atoms with E-state index < -0.39 is 5.54 Å². The Balaban J connectivity index is 2.47. The molecule has 4 nitrogen and oxygen atoms in total. The Morgan fingerprint density at radius 2 is 2.20 bits per heavy atom. The Morgan fingerprint density at radius 1 is 1.67 bits per heavy atom. The molecule has 0 heterocycles. The fourth-order valence-corrected chi connectivity index (χ4v) is 1.92. The van der Waals surface area contributed by atoms with Crippen molar-refractivity contribution in [2.75, 3.05) is 14.2 Å². The summed E-state index contributed by atoms with van der Waals surface area (Å²) in [5, 5.41) is 0. The van der Waals surface area contributed by atoms with E-state index in [9.17, 15) is 4.79 Å². The number of esters is 1. The minimum absolute atomic E-state index is 0.312. The van der Waals surface area contributed by atoms with E-state index >= 15 is 0 Å². The minimum Gasteiger partial charge on any atom is -0.468 e. The molecule has 0 radical (unpaired) electrons. The normalized spacial score (nSPS) is 22.3. The average Bonchev–Trinajstić information content (AvgIpc) is 2.97. The van der Waals surface area contributed by atoms with Crippen molar-refractivity contribution in [2.24, 2.45) is 5.73 Å². The smallest absolute Gasteiger partial charge is 0.325 e. The van der Waals surface area contributed by atoms with Crippen molar-refractivity contribution in [3.05, 3.63) is 0 Å². The molecule has 88 valence electrons. The monoisotopic (exact) mass is 214 g/mol. The van der Waals surface area contributed by atoms with Crippen LogP contribution in [0, 0.1) is 0 Å². The summed E-state index contributed by atoms with van der Waals surface area (Å²) in [6, 6.07) is 1.00. The Bertz CT molecular complexity index is 237. The Hall–Kier alpha value is -0.610. The fraction of sp³-hybridized carbons (Fsp3) is 0.909. The first-order valence-corrected chi connectivity index (χ1v) is 5.47. The summed E-state index contributed by atoms with van der Waals surface area (Å²) in [5.41, 5.74) is 5.05. The molecular formula is C11H22N2O2. The van der Waals surface area contributed by atoms with E-state index in [0.717, 1.165) is 0 Å². The zero-order valence-electron chi connectivity index (χ0n) is 10.1. The van der Waals surface area contributed by atoms with Gasteiger partial charge in [-0.1, -0.05) is 0 Å². The van der Waals surface area contributed by atoms with Gasteiger partial charge in [0.15, 0.2) is 0 Å². The fourth-order valence-electron chi connectivity index (χ4n) is 1.92. The van der Waals surface area contributed by atoms with Crippen molar-refractivity contribution in [1.29, 1.82) is 0 Å². The molecule has 1 saturated carbocycles. The molecule has 0 amide bonds. The van der Waals surface area contributed by atoms with Gasteiger partial charge >= 0.3 is 5.97 Å². The SMILES string of the molecule is COC(=O)C(C)(N)CC(C)N(C)C1CC1. The van der Waals surface area contributed by atoms with Crippen molar-refractivity contribution >= 4 is 5.97 Å². The van der Waals surface area contributed by atoms with E-state index in [-0.39, 0.29) is 5.97 Å². The lowest BCUT2D eigenvalue weighted by atomic mass is 9.94. The summed E-state index contributed by atoms with van der Waals surface area (Å²) in [5.74, 6) is -0.335. The molecule has 0 spiro atoms. The van der Waals surface area contributed by atoms with Crippen LogP contribution in [-0.4, -0.2) is 42.6 Å². The molecule has 0 aromatic rings. The van der Waals surface area contributed by atoms with Gasteiger partial charge in [-0.3, -0.25) is 4.79 Å². The maximum Gasteiger partial charge on any atom is 0.325 e. The summed E-state index contributed by atoms with van der Waals surface area (Å²) in [6.45, 7) is 3.84. The zero-order valence-corrected chi connectivity index (χ0v) is 10.1. The first kappa shape index (κ1) is 12.5. The van der Waals surface area contributed by atoms with Crippen molar-refractivity contribution in [2.45, 2.75) is 50.7 Å². The molecule has 1 fully saturated rings. The number of hydrogen-bond acceptors (Lipinski definition) is 4. The second kappa shape index (κ2) is 4.49. The van der Waals surface area contributed by atoms with Gasteiger partial charge in [0.05, 0.1) is 7.11 Å². The number of hydrogen-bond donors (Lipinski definition) is 1. The van der Waals surface area contributed by atoms with Crippen molar-refractivity contribution in [3.63, 3.8) is 0 Å². The van der Waals surface area contributed by atoms with E-state index in [1.165, 1.54) is 20.0 Å². The highest BCUT2D eigenvalue weighted by molar-refractivity contribution is 5.79. The summed E-state index contributed by atoms with van der Waals surface area (Å²) in [4.78, 5) is 13.7. The minimum atomic E-state index is -0.878. The first-order chi connectivity index (χ1) is 6.88. The highest BCUT2D eigenvalue weighted by atomic mass is 16.5. The molecule has 0 bridgehead atoms. The predicted molar refractivity (Wildman–Crippen MR) is 59.5 cm³/mol. The van der Waals surface area contributed by atoms with Crippen LogP contribution < -0.4 is 5.73 Å². The van der Waals surface area contributed by atoms with Crippen molar-refractivity contribution in [3.8, 4) is 0 Å². The maximum absolute atomic E-state index is 11.4. The number of carbonyl (C=O) groups excluding carboxylic acids is 1. The highest BCUT2D eigenvalue weighted by Crippen LogP contribution is 2.29. The number of carbonyl (C=O) groups is 1. The lowest BCUT2D eigenvalue weighted by Gasteiger charge is -2.31. The third-order valence-corrected chi connectivity index (χ3v) is 3.19. The van der Waals surface area contributed by atoms with Crippen molar-refractivity contribution < 1.29 is 9.53 Å². The van der Waals surface area contributed by atoms with E-state index in [4.69, 9.17) is 5.73 Å². The average molecular weight is 214 g/mol. The summed E-state index contributed by atoms with van der Waals surface area (Å²) in [7, 11) is 3.47. The molecule has 0 aliphatic heterocycles. The van der Waals surface area contributed by atoms with Crippen LogP contribution in [0.4, 0.5) is 0 Å². The lowest BCUT2D eigenvalue weighted by Crippen LogP contribution is -2.50. The van der Waals surface area contributed by atoms with E-state index in [2.05, 4.69) is 23.6 Å². The second-order valence-corrected chi connectivity index (χ2v) is 4.86. The maximum atomic E-state index is 11.4. The lowest BCUT2D eigenvalue weighted by molar-refractivity contribution is -0.147. The highest BCUT2D eigenvalue weighted by Gasteiger charge is 2.36. The molecule has 2 N–H and O–H groups in total. The summed E-state index contributed by atoms with van der Waals surface area (Å²) in [6.07, 6.45) is 3.16. The largest absolute Gasteiger partial charge is 0.468 e. The molecule has 0 aromatic carbocycles. The van der Waals surface area contributed by atoms with Crippen LogP contribution in [0.1, 0.15) is 33.1 Å². The number of nitrogens with zero attached hydrogens (tertiary/aromatic N) is 1. The van der Waals surface area contributed by atoms with Gasteiger partial charge in [0.2, 0.25) is 0 Å². The topological polar surface area (TPSA) is 55.6 Å². The van der Waals surface area contributed by atoms with E-state index in [1.807, 2.05) is 0 Å². The van der Waals surface area contributed by atoms with Crippen LogP contribution in [0.2, 0.25) is 0 Å². The molecule has 1 rings (SSSR count). The predicted octanol–water partition coefficient (Wildman–Crippen LogP) is 0.750. The standard InChI is InChI=1S/C11H22N2O2/c1-8(13(3)9-5-6-9)7-11(2,12)10(14)15-4/h8-9H,5-7,12H2,1-4H3. The molecule has 4 heteroatoms. The Morgan fingerprint density at radius 3 is 2.60 bits per heavy atom. The van der Waals surface area contributed by atoms with Crippen LogP contribution in [0.5, 0.6) is 0 Å². The zero-order chi connectivity index (χ0) is 11.6. The Kier molecular flexibility index (Phi) is 3.73. The molecule has 1 aliphatic carbocycles. The third kappa shape index (κ3) is 3.18. The van der Waals surface area contributed by atoms with Gasteiger partial charge in [-0.2, -0.15) is 0 Å². The van der Waals surface area contributed by atoms with E-state index in [1.54, 1.807) is 6.92 Å².